The third-order valence-electron chi connectivity index (χ3n) is 5.48. The summed E-state index contributed by atoms with van der Waals surface area (Å²) in [6.07, 6.45) is 0.562. The second-order valence-electron chi connectivity index (χ2n) is 7.61. The van der Waals surface area contributed by atoms with Gasteiger partial charge in [0, 0.05) is 21.7 Å². The van der Waals surface area contributed by atoms with E-state index in [9.17, 15) is 9.59 Å². The van der Waals surface area contributed by atoms with E-state index in [1.165, 1.54) is 0 Å². The fourth-order valence-electron chi connectivity index (χ4n) is 3.85. The number of carbonyl (C=O) groups excluding carboxylic acids is 1. The lowest BCUT2D eigenvalue weighted by atomic mass is 10.0. The molecule has 2 heterocycles. The summed E-state index contributed by atoms with van der Waals surface area (Å²) in [7, 11) is 0. The number of rotatable bonds is 5. The van der Waals surface area contributed by atoms with E-state index in [0.717, 1.165) is 16.6 Å². The Morgan fingerprint density at radius 3 is 2.53 bits per heavy atom. The van der Waals surface area contributed by atoms with Gasteiger partial charge in [-0.1, -0.05) is 60.1 Å². The molecule has 8 nitrogen and oxygen atoms in total. The molecule has 0 aliphatic rings. The highest BCUT2D eigenvalue weighted by molar-refractivity contribution is 6.30. The fraction of sp³-hybridized carbons (Fsp3) is 0.0800. The Bertz CT molecular complexity index is 1570. The lowest BCUT2D eigenvalue weighted by Crippen LogP contribution is -2.15. The largest absolute Gasteiger partial charge is 0.321 e. The van der Waals surface area contributed by atoms with Gasteiger partial charge in [-0.2, -0.15) is 5.10 Å². The number of hydrogen-bond acceptors (Lipinski definition) is 5. The molecule has 3 aromatic carbocycles. The number of halogens is 1. The predicted octanol–water partition coefficient (Wildman–Crippen LogP) is 4.64. The molecule has 0 fully saturated rings. The van der Waals surface area contributed by atoms with Crippen molar-refractivity contribution in [2.75, 3.05) is 5.32 Å². The number of aromatic nitrogens is 5. The van der Waals surface area contributed by atoms with Gasteiger partial charge in [0.25, 0.3) is 11.5 Å². The number of nitrogens with one attached hydrogen (secondary N) is 2. The minimum absolute atomic E-state index is 0.235. The van der Waals surface area contributed by atoms with Gasteiger partial charge in [0.1, 0.15) is 0 Å². The van der Waals surface area contributed by atoms with Crippen molar-refractivity contribution in [3.63, 3.8) is 0 Å². The first-order valence-electron chi connectivity index (χ1n) is 10.6. The van der Waals surface area contributed by atoms with Crippen molar-refractivity contribution in [1.82, 2.24) is 25.2 Å². The average Bonchev–Trinajstić information content (AvgIpc) is 3.30. The Labute approximate surface area is 199 Å². The van der Waals surface area contributed by atoms with Crippen LogP contribution in [0.1, 0.15) is 23.1 Å². The van der Waals surface area contributed by atoms with Crippen LogP contribution >= 0.6 is 11.6 Å². The molecule has 5 rings (SSSR count). The van der Waals surface area contributed by atoms with Gasteiger partial charge in [-0.05, 0) is 42.8 Å². The van der Waals surface area contributed by atoms with Gasteiger partial charge in [0.15, 0.2) is 5.69 Å². The van der Waals surface area contributed by atoms with E-state index >= 15 is 0 Å². The second kappa shape index (κ2) is 8.92. The molecule has 0 bridgehead atoms. The molecule has 0 atom stereocenters. The summed E-state index contributed by atoms with van der Waals surface area (Å²) in [6, 6.07) is 21.8. The molecule has 2 aromatic heterocycles. The van der Waals surface area contributed by atoms with E-state index < -0.39 is 0 Å². The number of amides is 1. The number of hydrogen-bond donors (Lipinski definition) is 2. The van der Waals surface area contributed by atoms with Crippen molar-refractivity contribution in [3.05, 3.63) is 99.6 Å². The van der Waals surface area contributed by atoms with E-state index in [-0.39, 0.29) is 17.2 Å². The summed E-state index contributed by atoms with van der Waals surface area (Å²) in [5.74, 6) is -0.356. The average molecular weight is 471 g/mol. The lowest BCUT2D eigenvalue weighted by molar-refractivity contribution is 0.102. The first-order valence-corrected chi connectivity index (χ1v) is 11.0. The smallest absolute Gasteiger partial charge is 0.278 e. The Balaban J connectivity index is 1.41. The van der Waals surface area contributed by atoms with Crippen LogP contribution in [-0.4, -0.2) is 31.1 Å². The van der Waals surface area contributed by atoms with Crippen molar-refractivity contribution in [1.29, 1.82) is 0 Å². The van der Waals surface area contributed by atoms with E-state index in [2.05, 4.69) is 25.8 Å². The standard InChI is InChI=1S/C25H19ClN6O2/c1-2-21-23(29-31-32(21)18-7-5-6-16(26)14-18)25(34)27-17-12-10-15(11-13-17)22-19-8-3-4-9-20(19)24(33)30-28-22/h3-14H,2H2,1H3,(H,27,34)(H,30,33). The third-order valence-corrected chi connectivity index (χ3v) is 5.71. The van der Waals surface area contributed by atoms with Crippen molar-refractivity contribution >= 4 is 34.0 Å². The molecule has 34 heavy (non-hydrogen) atoms. The first-order chi connectivity index (χ1) is 16.5. The lowest BCUT2D eigenvalue weighted by Gasteiger charge is -2.08. The van der Waals surface area contributed by atoms with Gasteiger partial charge in [-0.15, -0.1) is 5.10 Å². The number of anilines is 1. The van der Waals surface area contributed by atoms with E-state index in [1.54, 1.807) is 35.0 Å². The quantitative estimate of drug-likeness (QED) is 0.389. The summed E-state index contributed by atoms with van der Waals surface area (Å²) >= 11 is 6.10. The molecule has 0 unspecified atom stereocenters. The van der Waals surface area contributed by atoms with Crippen LogP contribution in [0.25, 0.3) is 27.7 Å². The summed E-state index contributed by atoms with van der Waals surface area (Å²) in [4.78, 5) is 25.0. The maximum Gasteiger partial charge on any atom is 0.278 e. The highest BCUT2D eigenvalue weighted by Crippen LogP contribution is 2.26. The molecule has 0 radical (unpaired) electrons. The van der Waals surface area contributed by atoms with Crippen LogP contribution in [0.2, 0.25) is 5.02 Å². The summed E-state index contributed by atoms with van der Waals surface area (Å²) in [6.45, 7) is 1.94. The zero-order valence-electron chi connectivity index (χ0n) is 18.1. The number of carbonyl (C=O) groups is 1. The van der Waals surface area contributed by atoms with Gasteiger partial charge in [-0.3, -0.25) is 9.59 Å². The highest BCUT2D eigenvalue weighted by Gasteiger charge is 2.20. The number of fused-ring (bicyclic) bond motifs is 1. The Hall–Kier alpha value is -4.30. The molecule has 0 saturated heterocycles. The monoisotopic (exact) mass is 470 g/mol. The molecule has 0 spiro atoms. The zero-order chi connectivity index (χ0) is 23.7. The van der Waals surface area contributed by atoms with E-state index in [1.807, 2.05) is 49.4 Å². The van der Waals surface area contributed by atoms with Gasteiger partial charge in [0.05, 0.1) is 22.5 Å². The molecule has 0 aliphatic carbocycles. The fourth-order valence-corrected chi connectivity index (χ4v) is 4.03. The minimum Gasteiger partial charge on any atom is -0.321 e. The SMILES string of the molecule is CCc1c(C(=O)Nc2ccc(-c3n[nH]c(=O)c4ccccc34)cc2)nnn1-c1cccc(Cl)c1. The van der Waals surface area contributed by atoms with Crippen molar-refractivity contribution < 1.29 is 4.79 Å². The molecule has 9 heteroatoms. The van der Waals surface area contributed by atoms with Crippen LogP contribution in [0.15, 0.2) is 77.6 Å². The topological polar surface area (TPSA) is 106 Å². The second-order valence-corrected chi connectivity index (χ2v) is 8.04. The van der Waals surface area contributed by atoms with Gasteiger partial charge >= 0.3 is 0 Å². The Morgan fingerprint density at radius 2 is 1.79 bits per heavy atom. The third kappa shape index (κ3) is 3.95. The van der Waals surface area contributed by atoms with Crippen LogP contribution in [-0.2, 0) is 6.42 Å². The zero-order valence-corrected chi connectivity index (χ0v) is 18.9. The van der Waals surface area contributed by atoms with Crippen LogP contribution in [0.3, 0.4) is 0 Å². The predicted molar refractivity (Wildman–Crippen MR) is 131 cm³/mol. The van der Waals surface area contributed by atoms with Crippen LogP contribution in [0.5, 0.6) is 0 Å². The summed E-state index contributed by atoms with van der Waals surface area (Å²) in [5.41, 5.74) is 3.50. The van der Waals surface area contributed by atoms with E-state index in [0.29, 0.717) is 33.9 Å². The Morgan fingerprint density at radius 1 is 1.03 bits per heavy atom. The first kappa shape index (κ1) is 21.5. The number of H-pyrrole nitrogens is 1. The van der Waals surface area contributed by atoms with Crippen molar-refractivity contribution in [2.45, 2.75) is 13.3 Å². The van der Waals surface area contributed by atoms with E-state index in [4.69, 9.17) is 11.6 Å². The van der Waals surface area contributed by atoms with Gasteiger partial charge < -0.3 is 5.32 Å². The number of aromatic amines is 1. The van der Waals surface area contributed by atoms with Gasteiger partial charge in [0.2, 0.25) is 0 Å². The number of nitrogens with zero attached hydrogens (tertiary/aromatic N) is 4. The summed E-state index contributed by atoms with van der Waals surface area (Å²) < 4.78 is 1.62. The Kier molecular flexibility index (Phi) is 5.65. The maximum absolute atomic E-state index is 13.0. The normalized spacial score (nSPS) is 11.0. The maximum atomic E-state index is 13.0. The molecule has 5 aromatic rings. The van der Waals surface area contributed by atoms with Crippen LogP contribution < -0.4 is 10.9 Å². The van der Waals surface area contributed by atoms with Crippen molar-refractivity contribution in [3.8, 4) is 16.9 Å². The molecule has 2 N–H and O–H groups in total. The summed E-state index contributed by atoms with van der Waals surface area (Å²) in [5, 5.41) is 19.8. The molecule has 1 amide bonds. The van der Waals surface area contributed by atoms with Crippen molar-refractivity contribution in [2.24, 2.45) is 0 Å². The highest BCUT2D eigenvalue weighted by atomic mass is 35.5. The molecule has 0 aliphatic heterocycles. The molecular formula is C25H19ClN6O2. The van der Waals surface area contributed by atoms with Gasteiger partial charge in [-0.25, -0.2) is 9.78 Å². The number of benzene rings is 3. The van der Waals surface area contributed by atoms with Crippen LogP contribution in [0.4, 0.5) is 5.69 Å². The molecule has 0 saturated carbocycles. The van der Waals surface area contributed by atoms with Crippen LogP contribution in [0, 0.1) is 0 Å². The minimum atomic E-state index is -0.356. The molecule has 168 valence electrons. The molecular weight excluding hydrogens is 452 g/mol.